The number of hydrogen-bond acceptors (Lipinski definition) is 3. The van der Waals surface area contributed by atoms with E-state index in [0.717, 1.165) is 96.3 Å². The summed E-state index contributed by atoms with van der Waals surface area (Å²) in [4.78, 5) is 20.6. The van der Waals surface area contributed by atoms with E-state index in [9.17, 15) is 5.11 Å². The van der Waals surface area contributed by atoms with E-state index in [-0.39, 0.29) is 17.3 Å². The standard InChI is InChI=1S/C79H128O3S/c1-10-19-28-37-48-65-59-68(51-40-31-22-13-4)76(69(60-65)52-41-32-23-14-5)83(82-79(81)74-57-46-47-58-75(74)80,77-70(53-42-33-24-15-6)61-66(49-38-29-20-11-2)62-71(77)54-43-34-25-16-7)78-72(55-44-35-26-17-8)63-67(50-39-30-21-12-3)64-73(78)56-45-36-27-18-9/h46-47,57-64,80H,10-45,48-56H2,1-9H3. The number of benzene rings is 4. The molecule has 4 rings (SSSR count). The van der Waals surface area contributed by atoms with Gasteiger partial charge in [-0.2, -0.15) is 0 Å². The highest BCUT2D eigenvalue weighted by Gasteiger charge is 2.45. The van der Waals surface area contributed by atoms with E-state index < -0.39 is 10.3 Å². The number of hydrogen-bond donors (Lipinski definition) is 1. The Balaban J connectivity index is 2.53. The highest BCUT2D eigenvalue weighted by atomic mass is 32.3. The molecular formula is C79H128O3S. The van der Waals surface area contributed by atoms with Crippen LogP contribution < -0.4 is 0 Å². The van der Waals surface area contributed by atoms with Crippen LogP contribution >= 0.6 is 10.3 Å². The van der Waals surface area contributed by atoms with Crippen LogP contribution in [0.1, 0.15) is 354 Å². The molecule has 0 saturated heterocycles. The van der Waals surface area contributed by atoms with Gasteiger partial charge in [0, 0.05) is 14.7 Å². The summed E-state index contributed by atoms with van der Waals surface area (Å²) < 4.78 is 8.42. The van der Waals surface area contributed by atoms with Gasteiger partial charge in [0.05, 0.1) is 0 Å². The summed E-state index contributed by atoms with van der Waals surface area (Å²) in [6.45, 7) is 21.1. The van der Waals surface area contributed by atoms with Crippen molar-refractivity contribution in [1.82, 2.24) is 0 Å². The van der Waals surface area contributed by atoms with Gasteiger partial charge in [-0.15, -0.1) is 0 Å². The average Bonchev–Trinajstić information content (AvgIpc) is 3.06. The molecule has 1 N–H and O–H groups in total. The van der Waals surface area contributed by atoms with Crippen LogP contribution in [0.15, 0.2) is 75.4 Å². The lowest BCUT2D eigenvalue weighted by atomic mass is 9.94. The zero-order valence-electron chi connectivity index (χ0n) is 55.8. The maximum Gasteiger partial charge on any atom is 0.353 e. The smallest absolute Gasteiger partial charge is 0.353 e. The van der Waals surface area contributed by atoms with Crippen LogP contribution in [0.5, 0.6) is 5.75 Å². The molecule has 0 heterocycles. The van der Waals surface area contributed by atoms with Gasteiger partial charge in [0.2, 0.25) is 0 Å². The first-order valence-corrected chi connectivity index (χ1v) is 37.6. The van der Waals surface area contributed by atoms with Crippen molar-refractivity contribution >= 4 is 16.3 Å². The summed E-state index contributed by atoms with van der Waals surface area (Å²) in [5.41, 5.74) is 13.4. The number of carbonyl (C=O) groups excluding carboxylic acids is 1. The van der Waals surface area contributed by atoms with Crippen LogP contribution in [0.3, 0.4) is 0 Å². The summed E-state index contributed by atoms with van der Waals surface area (Å²) in [5, 5.41) is 12.0. The van der Waals surface area contributed by atoms with Crippen molar-refractivity contribution in [2.24, 2.45) is 0 Å². The van der Waals surface area contributed by atoms with Crippen LogP contribution in [0.4, 0.5) is 0 Å². The molecule has 4 heteroatoms. The second-order valence-corrected chi connectivity index (χ2v) is 28.0. The number of unbranched alkanes of at least 4 members (excludes halogenated alkanes) is 27. The third-order valence-corrected chi connectivity index (χ3v) is 21.5. The highest BCUT2D eigenvalue weighted by Crippen LogP contribution is 2.75. The predicted molar refractivity (Wildman–Crippen MR) is 366 cm³/mol. The molecular weight excluding hydrogens is 1030 g/mol. The Bertz CT molecular complexity index is 2030. The summed E-state index contributed by atoms with van der Waals surface area (Å²) >= 11 is 0. The highest BCUT2D eigenvalue weighted by molar-refractivity contribution is 8.30. The van der Waals surface area contributed by atoms with Gasteiger partial charge >= 0.3 is 5.97 Å². The van der Waals surface area contributed by atoms with E-state index in [0.29, 0.717) is 0 Å². The number of phenols is 1. The molecule has 0 saturated carbocycles. The second-order valence-electron chi connectivity index (χ2n) is 25.5. The number of rotatable bonds is 50. The van der Waals surface area contributed by atoms with Gasteiger partial charge in [-0.05, 0) is 188 Å². The van der Waals surface area contributed by atoms with E-state index in [1.165, 1.54) is 257 Å². The second kappa shape index (κ2) is 44.0. The number of aromatic hydroxyl groups is 1. The zero-order chi connectivity index (χ0) is 59.8. The van der Waals surface area contributed by atoms with Crippen LogP contribution in [-0.4, -0.2) is 11.1 Å². The van der Waals surface area contributed by atoms with Crippen molar-refractivity contribution in [3.63, 3.8) is 0 Å². The number of para-hydroxylation sites is 1. The molecule has 4 aromatic rings. The van der Waals surface area contributed by atoms with Gasteiger partial charge in [0.25, 0.3) is 0 Å². The summed E-state index contributed by atoms with van der Waals surface area (Å²) in [7, 11) is -2.94. The largest absolute Gasteiger partial charge is 0.507 e. The van der Waals surface area contributed by atoms with Crippen LogP contribution in [0, 0.1) is 0 Å². The van der Waals surface area contributed by atoms with Gasteiger partial charge in [-0.25, -0.2) is 4.79 Å². The van der Waals surface area contributed by atoms with Gasteiger partial charge in [-0.1, -0.05) is 284 Å². The molecule has 0 amide bonds. The third-order valence-electron chi connectivity index (χ3n) is 17.8. The Kier molecular flexibility index (Phi) is 38.2. The quantitative estimate of drug-likeness (QED) is 0.0448. The minimum absolute atomic E-state index is 0.0109. The zero-order valence-corrected chi connectivity index (χ0v) is 56.6. The van der Waals surface area contributed by atoms with Crippen LogP contribution in [0.25, 0.3) is 0 Å². The molecule has 0 aromatic heterocycles. The fourth-order valence-corrected chi connectivity index (χ4v) is 17.5. The summed E-state index contributed by atoms with van der Waals surface area (Å²) in [6.07, 6.45) is 52.4. The molecule has 0 aliphatic rings. The minimum atomic E-state index is -2.94. The first-order valence-electron chi connectivity index (χ1n) is 36.0. The Labute approximate surface area is 515 Å². The average molecular weight is 1160 g/mol. The minimum Gasteiger partial charge on any atom is -0.507 e. The van der Waals surface area contributed by atoms with Crippen molar-refractivity contribution in [2.45, 2.75) is 366 Å². The van der Waals surface area contributed by atoms with E-state index in [2.05, 4.69) is 98.7 Å². The molecule has 3 nitrogen and oxygen atoms in total. The van der Waals surface area contributed by atoms with Crippen molar-refractivity contribution in [3.8, 4) is 5.75 Å². The predicted octanol–water partition coefficient (Wildman–Crippen LogP) is 25.6. The molecule has 0 radical (unpaired) electrons. The fourth-order valence-electron chi connectivity index (χ4n) is 13.1. The first-order chi connectivity index (χ1) is 40.7. The summed E-state index contributed by atoms with van der Waals surface area (Å²) in [6, 6.07) is 23.4. The third kappa shape index (κ3) is 24.7. The SMILES string of the molecule is CCCCCCc1cc(CCCCCC)c(S(OC(=O)c2ccccc2O)(c2c(CCCCCC)cc(CCCCCC)cc2CCCCCC)c2c(CCCCCC)cc(CCCCCC)cc2CCCCCC)c(CCCCCC)c1. The van der Waals surface area contributed by atoms with Gasteiger partial charge in [-0.3, -0.25) is 0 Å². The molecule has 0 bridgehead atoms. The number of aryl methyl sites for hydroxylation is 9. The van der Waals surface area contributed by atoms with E-state index in [1.807, 2.05) is 18.2 Å². The Morgan fingerprint density at radius 2 is 0.530 bits per heavy atom. The maximum atomic E-state index is 16.5. The number of phenolic OH excluding ortho intramolecular Hbond substituents is 1. The molecule has 0 aliphatic carbocycles. The van der Waals surface area contributed by atoms with Crippen LogP contribution in [0.2, 0.25) is 0 Å². The lowest BCUT2D eigenvalue weighted by Crippen LogP contribution is -2.23. The lowest BCUT2D eigenvalue weighted by molar-refractivity contribution is 0.0753. The van der Waals surface area contributed by atoms with E-state index in [1.54, 1.807) is 6.07 Å². The Morgan fingerprint density at radius 3 is 0.747 bits per heavy atom. The molecule has 0 fully saturated rings. The van der Waals surface area contributed by atoms with Gasteiger partial charge < -0.3 is 9.29 Å². The first kappa shape index (κ1) is 72.0. The van der Waals surface area contributed by atoms with Crippen molar-refractivity contribution < 1.29 is 14.1 Å². The van der Waals surface area contributed by atoms with Crippen LogP contribution in [-0.2, 0) is 62.0 Å². The maximum absolute atomic E-state index is 16.5. The molecule has 0 unspecified atom stereocenters. The summed E-state index contributed by atoms with van der Waals surface area (Å²) in [5.74, 6) is -0.359. The topological polar surface area (TPSA) is 46.5 Å². The normalized spacial score (nSPS) is 12.0. The molecule has 468 valence electrons. The lowest BCUT2D eigenvalue weighted by Gasteiger charge is -2.47. The van der Waals surface area contributed by atoms with Crippen molar-refractivity contribution in [2.75, 3.05) is 0 Å². The Hall–Kier alpha value is -3.50. The molecule has 0 aliphatic heterocycles. The molecule has 0 atom stereocenters. The van der Waals surface area contributed by atoms with Gasteiger partial charge in [0.15, 0.2) is 0 Å². The molecule has 0 spiro atoms. The molecule has 83 heavy (non-hydrogen) atoms. The number of carbonyl (C=O) groups is 1. The Morgan fingerprint density at radius 1 is 0.313 bits per heavy atom. The van der Waals surface area contributed by atoms with Crippen molar-refractivity contribution in [3.05, 3.63) is 116 Å². The van der Waals surface area contributed by atoms with Crippen molar-refractivity contribution in [1.29, 1.82) is 0 Å². The fraction of sp³-hybridized carbons (Fsp3) is 0.684. The monoisotopic (exact) mass is 1160 g/mol. The molecule has 4 aromatic carbocycles. The van der Waals surface area contributed by atoms with E-state index >= 15 is 4.79 Å². The van der Waals surface area contributed by atoms with E-state index in [4.69, 9.17) is 4.18 Å². The van der Waals surface area contributed by atoms with Gasteiger partial charge in [0.1, 0.15) is 11.3 Å².